The number of aromatic nitrogens is 2. The number of piperidine rings is 1. The van der Waals surface area contributed by atoms with Crippen LogP contribution in [-0.4, -0.2) is 47.1 Å². The van der Waals surface area contributed by atoms with Crippen molar-refractivity contribution in [3.63, 3.8) is 0 Å². The molecule has 21 heavy (non-hydrogen) atoms. The molecule has 8 heteroatoms. The number of aromatic amines is 1. The van der Waals surface area contributed by atoms with E-state index in [9.17, 15) is 13.2 Å². The lowest BCUT2D eigenvalue weighted by Gasteiger charge is -2.38. The fourth-order valence-electron chi connectivity index (χ4n) is 3.58. The van der Waals surface area contributed by atoms with E-state index in [1.54, 1.807) is 0 Å². The molecule has 0 atom stereocenters. The van der Waals surface area contributed by atoms with Crippen molar-refractivity contribution in [2.45, 2.75) is 43.6 Å². The van der Waals surface area contributed by atoms with E-state index in [1.165, 1.54) is 30.0 Å². The molecular weight excluding hydrogens is 294 g/mol. The number of nitrogens with zero attached hydrogens (tertiary/aromatic N) is 2. The van der Waals surface area contributed by atoms with Gasteiger partial charge in [-0.1, -0.05) is 12.8 Å². The third kappa shape index (κ3) is 2.46. The normalized spacial score (nSPS) is 22.7. The third-order valence-electron chi connectivity index (χ3n) is 4.88. The summed E-state index contributed by atoms with van der Waals surface area (Å²) in [6.07, 6.45) is 7.60. The van der Waals surface area contributed by atoms with Gasteiger partial charge in [-0.2, -0.15) is 9.40 Å². The molecule has 116 valence electrons. The highest BCUT2D eigenvalue weighted by atomic mass is 32.2. The van der Waals surface area contributed by atoms with Crippen LogP contribution in [0.4, 0.5) is 0 Å². The van der Waals surface area contributed by atoms with Crippen LogP contribution < -0.4 is 0 Å². The number of sulfonamides is 1. The van der Waals surface area contributed by atoms with Gasteiger partial charge in [-0.25, -0.2) is 13.2 Å². The van der Waals surface area contributed by atoms with Gasteiger partial charge in [0.2, 0.25) is 0 Å². The van der Waals surface area contributed by atoms with Crippen molar-refractivity contribution in [3.05, 3.63) is 11.8 Å². The van der Waals surface area contributed by atoms with E-state index in [-0.39, 0.29) is 10.6 Å². The van der Waals surface area contributed by atoms with E-state index in [1.807, 2.05) is 0 Å². The summed E-state index contributed by atoms with van der Waals surface area (Å²) in [4.78, 5) is 11.1. The van der Waals surface area contributed by atoms with E-state index in [0.29, 0.717) is 18.5 Å². The second kappa shape index (κ2) is 5.10. The zero-order valence-electron chi connectivity index (χ0n) is 11.7. The first kappa shape index (κ1) is 14.5. The average Bonchev–Trinajstić information content (AvgIpc) is 3.09. The zero-order valence-corrected chi connectivity index (χ0v) is 12.5. The summed E-state index contributed by atoms with van der Waals surface area (Å²) in [5.74, 6) is -1.29. The molecule has 2 heterocycles. The van der Waals surface area contributed by atoms with Crippen LogP contribution in [0.15, 0.2) is 11.2 Å². The molecule has 1 spiro atoms. The molecule has 0 unspecified atom stereocenters. The van der Waals surface area contributed by atoms with Gasteiger partial charge in [0.05, 0.1) is 6.20 Å². The maximum Gasteiger partial charge on any atom is 0.340 e. The van der Waals surface area contributed by atoms with Gasteiger partial charge >= 0.3 is 5.97 Å². The highest BCUT2D eigenvalue weighted by Crippen LogP contribution is 2.46. The second-order valence-electron chi connectivity index (χ2n) is 6.03. The molecule has 1 saturated carbocycles. The van der Waals surface area contributed by atoms with Crippen LogP contribution >= 0.6 is 0 Å². The Bertz CT molecular complexity index is 636. The predicted molar refractivity (Wildman–Crippen MR) is 74.4 cm³/mol. The standard InChI is InChI=1S/C13H19N3O4S/c17-12(18)10-9-14-15-11(10)21(19,20)16-7-5-13(6-8-16)3-1-2-4-13/h9H,1-8H2,(H,14,15)(H,17,18). The van der Waals surface area contributed by atoms with E-state index in [0.717, 1.165) is 19.0 Å². The minimum atomic E-state index is -3.81. The Morgan fingerprint density at radius 2 is 1.86 bits per heavy atom. The lowest BCUT2D eigenvalue weighted by Crippen LogP contribution is -2.42. The number of aromatic carboxylic acids is 1. The molecule has 0 aromatic carbocycles. The Morgan fingerprint density at radius 1 is 1.24 bits per heavy atom. The van der Waals surface area contributed by atoms with Gasteiger partial charge in [0.25, 0.3) is 10.0 Å². The van der Waals surface area contributed by atoms with Gasteiger partial charge in [0.15, 0.2) is 5.03 Å². The molecular formula is C13H19N3O4S. The fraction of sp³-hybridized carbons (Fsp3) is 0.692. The van der Waals surface area contributed by atoms with Crippen molar-refractivity contribution in [3.8, 4) is 0 Å². The molecule has 2 N–H and O–H groups in total. The third-order valence-corrected chi connectivity index (χ3v) is 6.75. The first-order valence-electron chi connectivity index (χ1n) is 7.21. The zero-order chi connectivity index (χ0) is 15.1. The van der Waals surface area contributed by atoms with Gasteiger partial charge < -0.3 is 5.11 Å². The second-order valence-corrected chi connectivity index (χ2v) is 7.90. The molecule has 0 bridgehead atoms. The summed E-state index contributed by atoms with van der Waals surface area (Å²) in [5, 5.41) is 14.6. The predicted octanol–water partition coefficient (Wildman–Crippen LogP) is 1.45. The van der Waals surface area contributed by atoms with E-state index >= 15 is 0 Å². The number of carboxylic acids is 1. The number of rotatable bonds is 3. The minimum Gasteiger partial charge on any atom is -0.478 e. The van der Waals surface area contributed by atoms with Crippen LogP contribution in [0.1, 0.15) is 48.9 Å². The summed E-state index contributed by atoms with van der Waals surface area (Å²) >= 11 is 0. The molecule has 2 aliphatic rings. The molecule has 3 rings (SSSR count). The Hall–Kier alpha value is -1.41. The maximum absolute atomic E-state index is 12.6. The number of carbonyl (C=O) groups is 1. The van der Waals surface area contributed by atoms with Crippen molar-refractivity contribution in [2.75, 3.05) is 13.1 Å². The van der Waals surface area contributed by atoms with Gasteiger partial charge in [0, 0.05) is 13.1 Å². The topological polar surface area (TPSA) is 103 Å². The van der Waals surface area contributed by atoms with Crippen LogP contribution in [0.25, 0.3) is 0 Å². The summed E-state index contributed by atoms with van der Waals surface area (Å²) in [5.41, 5.74) is 0.0199. The molecule has 0 amide bonds. The maximum atomic E-state index is 12.6. The van der Waals surface area contributed by atoms with Crippen LogP contribution in [0.5, 0.6) is 0 Å². The van der Waals surface area contributed by atoms with E-state index in [2.05, 4.69) is 10.2 Å². The Labute approximate surface area is 123 Å². The van der Waals surface area contributed by atoms with Crippen LogP contribution in [-0.2, 0) is 10.0 Å². The number of carboxylic acid groups (broad SMARTS) is 1. The van der Waals surface area contributed by atoms with Gasteiger partial charge in [-0.15, -0.1) is 0 Å². The molecule has 1 aliphatic heterocycles. The van der Waals surface area contributed by atoms with E-state index in [4.69, 9.17) is 5.11 Å². The van der Waals surface area contributed by atoms with Crippen molar-refractivity contribution in [1.29, 1.82) is 0 Å². The number of hydrogen-bond donors (Lipinski definition) is 2. The Morgan fingerprint density at radius 3 is 2.43 bits per heavy atom. The highest BCUT2D eigenvalue weighted by molar-refractivity contribution is 7.89. The SMILES string of the molecule is O=C(O)c1cn[nH]c1S(=O)(=O)N1CCC2(CCCC2)CC1. The van der Waals surface area contributed by atoms with Gasteiger partial charge in [0.1, 0.15) is 5.56 Å². The number of H-pyrrole nitrogens is 1. The van der Waals surface area contributed by atoms with Crippen LogP contribution in [0.2, 0.25) is 0 Å². The van der Waals surface area contributed by atoms with Crippen molar-refractivity contribution >= 4 is 16.0 Å². The minimum absolute atomic E-state index is 0.295. The highest BCUT2D eigenvalue weighted by Gasteiger charge is 2.41. The first-order chi connectivity index (χ1) is 9.95. The molecule has 1 aromatic rings. The van der Waals surface area contributed by atoms with Crippen molar-refractivity contribution < 1.29 is 18.3 Å². The molecule has 1 aromatic heterocycles. The Balaban J connectivity index is 1.80. The summed E-state index contributed by atoms with van der Waals surface area (Å²) in [6, 6.07) is 0. The molecule has 7 nitrogen and oxygen atoms in total. The van der Waals surface area contributed by atoms with Gasteiger partial charge in [-0.3, -0.25) is 5.10 Å². The molecule has 1 saturated heterocycles. The average molecular weight is 313 g/mol. The number of hydrogen-bond acceptors (Lipinski definition) is 4. The van der Waals surface area contributed by atoms with Crippen molar-refractivity contribution in [2.24, 2.45) is 5.41 Å². The summed E-state index contributed by atoms with van der Waals surface area (Å²) in [6.45, 7) is 0.917. The van der Waals surface area contributed by atoms with Gasteiger partial charge in [-0.05, 0) is 31.1 Å². The van der Waals surface area contributed by atoms with Crippen LogP contribution in [0.3, 0.4) is 0 Å². The lowest BCUT2D eigenvalue weighted by atomic mass is 9.78. The smallest absolute Gasteiger partial charge is 0.340 e. The quantitative estimate of drug-likeness (QED) is 0.879. The summed E-state index contributed by atoms with van der Waals surface area (Å²) < 4.78 is 26.5. The molecule has 0 radical (unpaired) electrons. The van der Waals surface area contributed by atoms with E-state index < -0.39 is 16.0 Å². The monoisotopic (exact) mass is 313 g/mol. The summed E-state index contributed by atoms with van der Waals surface area (Å²) in [7, 11) is -3.81. The fourth-order valence-corrected chi connectivity index (χ4v) is 5.09. The lowest BCUT2D eigenvalue weighted by molar-refractivity contribution is 0.0692. The first-order valence-corrected chi connectivity index (χ1v) is 8.65. The van der Waals surface area contributed by atoms with Crippen LogP contribution in [0, 0.1) is 5.41 Å². The van der Waals surface area contributed by atoms with Crippen molar-refractivity contribution in [1.82, 2.24) is 14.5 Å². The molecule has 2 fully saturated rings. The molecule has 1 aliphatic carbocycles. The Kier molecular flexibility index (Phi) is 3.53. The number of nitrogens with one attached hydrogen (secondary N) is 1. The largest absolute Gasteiger partial charge is 0.478 e.